The summed E-state index contributed by atoms with van der Waals surface area (Å²) in [6.45, 7) is 2.09. The van der Waals surface area contributed by atoms with Gasteiger partial charge in [0.1, 0.15) is 6.04 Å². The van der Waals surface area contributed by atoms with Crippen LogP contribution in [0.15, 0.2) is 30.3 Å². The van der Waals surface area contributed by atoms with Crippen molar-refractivity contribution in [2.24, 2.45) is 0 Å². The second-order valence-corrected chi connectivity index (χ2v) is 4.98. The van der Waals surface area contributed by atoms with Crippen LogP contribution < -0.4 is 5.32 Å². The number of nitrogens with zero attached hydrogens (tertiary/aromatic N) is 1. The van der Waals surface area contributed by atoms with Gasteiger partial charge >= 0.3 is 5.97 Å². The lowest BCUT2D eigenvalue weighted by Gasteiger charge is -2.14. The van der Waals surface area contributed by atoms with Crippen LogP contribution in [-0.2, 0) is 9.53 Å². The highest BCUT2D eigenvalue weighted by Gasteiger charge is 2.21. The summed E-state index contributed by atoms with van der Waals surface area (Å²) in [5.74, 6) is -1.54. The fourth-order valence-electron chi connectivity index (χ4n) is 2.16. The van der Waals surface area contributed by atoms with E-state index in [-0.39, 0.29) is 13.0 Å². The minimum Gasteiger partial charge on any atom is -0.480 e. The van der Waals surface area contributed by atoms with Crippen molar-refractivity contribution in [3.8, 4) is 0 Å². The van der Waals surface area contributed by atoms with Crippen molar-refractivity contribution in [3.05, 3.63) is 41.6 Å². The van der Waals surface area contributed by atoms with Crippen LogP contribution in [0.4, 0.5) is 0 Å². The Labute approximate surface area is 128 Å². The number of aromatic nitrogens is 1. The van der Waals surface area contributed by atoms with Crippen molar-refractivity contribution in [1.29, 1.82) is 0 Å². The predicted molar refractivity (Wildman–Crippen MR) is 81.9 cm³/mol. The first-order valence-electron chi connectivity index (χ1n) is 6.92. The minimum atomic E-state index is -1.09. The van der Waals surface area contributed by atoms with Gasteiger partial charge in [-0.2, -0.15) is 0 Å². The molecular formula is C16H18N2O4. The predicted octanol–water partition coefficient (Wildman–Crippen LogP) is 1.76. The summed E-state index contributed by atoms with van der Waals surface area (Å²) in [6.07, 6.45) is 0.203. The van der Waals surface area contributed by atoms with E-state index >= 15 is 0 Å². The van der Waals surface area contributed by atoms with Crippen LogP contribution in [0, 0.1) is 6.92 Å². The number of aliphatic carboxylic acids is 1. The molecule has 0 aliphatic carbocycles. The largest absolute Gasteiger partial charge is 0.480 e. The van der Waals surface area contributed by atoms with Gasteiger partial charge in [-0.3, -0.25) is 9.78 Å². The Kier molecular flexibility index (Phi) is 5.06. The zero-order chi connectivity index (χ0) is 16.1. The fraction of sp³-hybridized carbons (Fsp3) is 0.312. The van der Waals surface area contributed by atoms with E-state index in [2.05, 4.69) is 10.3 Å². The molecule has 0 bridgehead atoms. The van der Waals surface area contributed by atoms with E-state index in [1.165, 1.54) is 7.11 Å². The summed E-state index contributed by atoms with van der Waals surface area (Å²) in [6, 6.07) is 8.00. The third kappa shape index (κ3) is 3.59. The molecule has 116 valence electrons. The molecule has 0 fully saturated rings. The van der Waals surface area contributed by atoms with E-state index in [4.69, 9.17) is 9.84 Å². The number of nitrogens with one attached hydrogen (secondary N) is 1. The average Bonchev–Trinajstić information content (AvgIpc) is 2.50. The lowest BCUT2D eigenvalue weighted by Crippen LogP contribution is -2.41. The second-order valence-electron chi connectivity index (χ2n) is 4.98. The number of carboxylic acid groups (broad SMARTS) is 1. The number of rotatable bonds is 6. The first-order valence-corrected chi connectivity index (χ1v) is 6.92. The molecule has 1 unspecified atom stereocenters. The van der Waals surface area contributed by atoms with Crippen LogP contribution in [0.25, 0.3) is 10.9 Å². The van der Waals surface area contributed by atoms with Gasteiger partial charge in [0.05, 0.1) is 11.1 Å². The highest BCUT2D eigenvalue weighted by Crippen LogP contribution is 2.17. The van der Waals surface area contributed by atoms with E-state index < -0.39 is 17.9 Å². The molecule has 0 saturated carbocycles. The summed E-state index contributed by atoms with van der Waals surface area (Å²) >= 11 is 0. The first kappa shape index (κ1) is 15.9. The van der Waals surface area contributed by atoms with Crippen LogP contribution in [0.1, 0.15) is 22.5 Å². The maximum atomic E-state index is 12.4. The molecule has 1 heterocycles. The molecule has 2 rings (SSSR count). The molecule has 2 aromatic rings. The minimum absolute atomic E-state index is 0.203. The van der Waals surface area contributed by atoms with Crippen molar-refractivity contribution in [2.45, 2.75) is 19.4 Å². The van der Waals surface area contributed by atoms with Gasteiger partial charge in [-0.15, -0.1) is 0 Å². The molecular weight excluding hydrogens is 284 g/mol. The first-order chi connectivity index (χ1) is 10.5. The Balaban J connectivity index is 2.29. The number of para-hydroxylation sites is 1. The number of fused-ring (bicyclic) bond motifs is 1. The van der Waals surface area contributed by atoms with Gasteiger partial charge < -0.3 is 15.2 Å². The van der Waals surface area contributed by atoms with Crippen LogP contribution in [0.3, 0.4) is 0 Å². The zero-order valence-corrected chi connectivity index (χ0v) is 12.5. The van der Waals surface area contributed by atoms with E-state index in [0.29, 0.717) is 11.1 Å². The van der Waals surface area contributed by atoms with Gasteiger partial charge in [0, 0.05) is 31.2 Å². The summed E-state index contributed by atoms with van der Waals surface area (Å²) in [5, 5.41) is 12.5. The van der Waals surface area contributed by atoms with E-state index in [0.717, 1.165) is 11.1 Å². The van der Waals surface area contributed by atoms with Gasteiger partial charge in [-0.05, 0) is 19.1 Å². The third-order valence-corrected chi connectivity index (χ3v) is 3.32. The number of carboxylic acids is 1. The molecule has 2 N–H and O–H groups in total. The fourth-order valence-corrected chi connectivity index (χ4v) is 2.16. The van der Waals surface area contributed by atoms with E-state index in [9.17, 15) is 9.59 Å². The standard InChI is InChI=1S/C16H18N2O4/c1-10-6-7-11-4-3-5-12(14(11)17-10)15(19)18-13(16(20)21)8-9-22-2/h3-7,13H,8-9H2,1-2H3,(H,18,19)(H,20,21). The maximum Gasteiger partial charge on any atom is 0.326 e. The van der Waals surface area contributed by atoms with Gasteiger partial charge in [0.2, 0.25) is 0 Å². The number of pyridine rings is 1. The SMILES string of the molecule is COCCC(NC(=O)c1cccc2ccc(C)nc12)C(=O)O. The van der Waals surface area contributed by atoms with E-state index in [1.807, 2.05) is 25.1 Å². The topological polar surface area (TPSA) is 88.5 Å². The average molecular weight is 302 g/mol. The number of hydrogen-bond acceptors (Lipinski definition) is 4. The Bertz CT molecular complexity index is 700. The lowest BCUT2D eigenvalue weighted by atomic mass is 10.1. The van der Waals surface area contributed by atoms with Crippen LogP contribution >= 0.6 is 0 Å². The van der Waals surface area contributed by atoms with Crippen molar-refractivity contribution >= 4 is 22.8 Å². The Morgan fingerprint density at radius 1 is 1.32 bits per heavy atom. The summed E-state index contributed by atoms with van der Waals surface area (Å²) in [4.78, 5) is 28.0. The molecule has 1 aromatic heterocycles. The Morgan fingerprint density at radius 2 is 2.09 bits per heavy atom. The number of methoxy groups -OCH3 is 1. The van der Waals surface area contributed by atoms with Crippen molar-refractivity contribution in [1.82, 2.24) is 10.3 Å². The summed E-state index contributed by atoms with van der Waals surface area (Å²) in [5.41, 5.74) is 1.72. The third-order valence-electron chi connectivity index (χ3n) is 3.32. The molecule has 6 heteroatoms. The number of hydrogen-bond donors (Lipinski definition) is 2. The van der Waals surface area contributed by atoms with Gasteiger partial charge in [0.15, 0.2) is 0 Å². The number of ether oxygens (including phenoxy) is 1. The quantitative estimate of drug-likeness (QED) is 0.849. The number of carbonyl (C=O) groups is 2. The van der Waals surface area contributed by atoms with Crippen molar-refractivity contribution in [2.75, 3.05) is 13.7 Å². The van der Waals surface area contributed by atoms with Gasteiger partial charge in [-0.25, -0.2) is 4.79 Å². The Morgan fingerprint density at radius 3 is 2.77 bits per heavy atom. The molecule has 0 aliphatic heterocycles. The zero-order valence-electron chi connectivity index (χ0n) is 12.5. The number of carbonyl (C=O) groups excluding carboxylic acids is 1. The number of aryl methyl sites for hydroxylation is 1. The summed E-state index contributed by atoms with van der Waals surface area (Å²) in [7, 11) is 1.48. The smallest absolute Gasteiger partial charge is 0.326 e. The normalized spacial score (nSPS) is 12.1. The monoisotopic (exact) mass is 302 g/mol. The van der Waals surface area contributed by atoms with Crippen molar-refractivity contribution in [3.63, 3.8) is 0 Å². The summed E-state index contributed by atoms with van der Waals surface area (Å²) < 4.78 is 4.87. The maximum absolute atomic E-state index is 12.4. The molecule has 6 nitrogen and oxygen atoms in total. The molecule has 22 heavy (non-hydrogen) atoms. The van der Waals surface area contributed by atoms with E-state index in [1.54, 1.807) is 12.1 Å². The second kappa shape index (κ2) is 7.00. The molecule has 1 amide bonds. The van der Waals surface area contributed by atoms with Crippen molar-refractivity contribution < 1.29 is 19.4 Å². The van der Waals surface area contributed by atoms with Crippen LogP contribution in [0.5, 0.6) is 0 Å². The highest BCUT2D eigenvalue weighted by molar-refractivity contribution is 6.06. The number of benzene rings is 1. The number of amides is 1. The molecule has 0 aliphatic rings. The van der Waals surface area contributed by atoms with Gasteiger partial charge in [0.25, 0.3) is 5.91 Å². The van der Waals surface area contributed by atoms with Crippen LogP contribution in [0.2, 0.25) is 0 Å². The van der Waals surface area contributed by atoms with Crippen LogP contribution in [-0.4, -0.2) is 41.7 Å². The molecule has 0 spiro atoms. The Hall–Kier alpha value is -2.47. The molecule has 0 radical (unpaired) electrons. The molecule has 1 atom stereocenters. The molecule has 0 saturated heterocycles. The lowest BCUT2D eigenvalue weighted by molar-refractivity contribution is -0.139. The van der Waals surface area contributed by atoms with Gasteiger partial charge in [-0.1, -0.05) is 18.2 Å². The molecule has 1 aromatic carbocycles. The highest BCUT2D eigenvalue weighted by atomic mass is 16.5.